The average Bonchev–Trinajstić information content (AvgIpc) is 2.29. The Morgan fingerprint density at radius 3 is 3.00 bits per heavy atom. The van der Waals surface area contributed by atoms with E-state index in [9.17, 15) is 0 Å². The third-order valence-corrected chi connectivity index (χ3v) is 4.04. The van der Waals surface area contributed by atoms with Crippen molar-refractivity contribution in [2.45, 2.75) is 13.0 Å². The van der Waals surface area contributed by atoms with Gasteiger partial charge in [-0.15, -0.1) is 0 Å². The maximum atomic E-state index is 8.82. The number of nitrogens with zero attached hydrogens (tertiary/aromatic N) is 2. The van der Waals surface area contributed by atoms with E-state index in [1.807, 2.05) is 23.9 Å². The molecule has 0 amide bonds. The van der Waals surface area contributed by atoms with E-state index in [4.69, 9.17) is 11.0 Å². The van der Waals surface area contributed by atoms with Crippen LogP contribution >= 0.6 is 11.8 Å². The second-order valence-electron chi connectivity index (χ2n) is 4.00. The Hall–Kier alpha value is -1.34. The zero-order valence-corrected chi connectivity index (χ0v) is 10.1. The topological polar surface area (TPSA) is 53.0 Å². The number of nitrogens with two attached hydrogens (primary N) is 1. The highest BCUT2D eigenvalue weighted by Gasteiger charge is 2.19. The molecule has 3 nitrogen and oxygen atoms in total. The highest BCUT2D eigenvalue weighted by molar-refractivity contribution is 7.99. The van der Waals surface area contributed by atoms with Gasteiger partial charge in [0.2, 0.25) is 0 Å². The van der Waals surface area contributed by atoms with Crippen molar-refractivity contribution in [1.82, 2.24) is 0 Å². The van der Waals surface area contributed by atoms with Crippen molar-refractivity contribution < 1.29 is 0 Å². The van der Waals surface area contributed by atoms with Crippen molar-refractivity contribution >= 4 is 23.1 Å². The number of rotatable bonds is 1. The third kappa shape index (κ3) is 2.10. The van der Waals surface area contributed by atoms with Crippen LogP contribution in [0.4, 0.5) is 11.4 Å². The molecule has 1 aliphatic heterocycles. The third-order valence-electron chi connectivity index (χ3n) is 2.85. The van der Waals surface area contributed by atoms with Gasteiger partial charge in [0.25, 0.3) is 0 Å². The van der Waals surface area contributed by atoms with Gasteiger partial charge in [0.15, 0.2) is 0 Å². The molecule has 1 aliphatic rings. The molecule has 1 aromatic carbocycles. The van der Waals surface area contributed by atoms with Gasteiger partial charge in [0, 0.05) is 29.8 Å². The number of hydrogen-bond donors (Lipinski definition) is 1. The smallest absolute Gasteiger partial charge is 0.101 e. The lowest BCUT2D eigenvalue weighted by atomic mass is 10.1. The van der Waals surface area contributed by atoms with Gasteiger partial charge in [0.1, 0.15) is 6.07 Å². The maximum absolute atomic E-state index is 8.82. The molecule has 16 heavy (non-hydrogen) atoms. The molecule has 0 aromatic heterocycles. The molecule has 4 heteroatoms. The first-order chi connectivity index (χ1) is 7.72. The summed E-state index contributed by atoms with van der Waals surface area (Å²) >= 11 is 1.99. The lowest BCUT2D eigenvalue weighted by molar-refractivity contribution is 0.700. The van der Waals surface area contributed by atoms with Crippen LogP contribution in [0.1, 0.15) is 12.5 Å². The molecule has 1 atom stereocenters. The summed E-state index contributed by atoms with van der Waals surface area (Å²) in [7, 11) is 0. The molecule has 2 rings (SSSR count). The number of hydrogen-bond acceptors (Lipinski definition) is 4. The van der Waals surface area contributed by atoms with Crippen LogP contribution in [-0.4, -0.2) is 24.1 Å². The van der Waals surface area contributed by atoms with E-state index in [0.717, 1.165) is 23.7 Å². The molecule has 0 bridgehead atoms. The predicted octanol–water partition coefficient (Wildman–Crippen LogP) is 2.08. The van der Waals surface area contributed by atoms with E-state index in [2.05, 4.69) is 17.9 Å². The molecule has 2 N–H and O–H groups in total. The molecule has 1 aromatic rings. The van der Waals surface area contributed by atoms with Gasteiger partial charge in [0.05, 0.1) is 11.3 Å². The fourth-order valence-electron chi connectivity index (χ4n) is 1.94. The van der Waals surface area contributed by atoms with Crippen molar-refractivity contribution in [3.63, 3.8) is 0 Å². The van der Waals surface area contributed by atoms with Crippen LogP contribution in [0.15, 0.2) is 18.2 Å². The van der Waals surface area contributed by atoms with Crippen molar-refractivity contribution in [2.24, 2.45) is 0 Å². The first-order valence-electron chi connectivity index (χ1n) is 5.36. The monoisotopic (exact) mass is 233 g/mol. The minimum absolute atomic E-state index is 0.533. The van der Waals surface area contributed by atoms with Gasteiger partial charge in [-0.1, -0.05) is 0 Å². The fraction of sp³-hybridized carbons (Fsp3) is 0.417. The first kappa shape index (κ1) is 11.2. The van der Waals surface area contributed by atoms with E-state index >= 15 is 0 Å². The number of benzene rings is 1. The van der Waals surface area contributed by atoms with E-state index in [1.165, 1.54) is 0 Å². The minimum atomic E-state index is 0.533. The van der Waals surface area contributed by atoms with Crippen LogP contribution < -0.4 is 10.6 Å². The second-order valence-corrected chi connectivity index (χ2v) is 5.15. The highest BCUT2D eigenvalue weighted by atomic mass is 32.2. The Labute approximate surface area is 100 Å². The van der Waals surface area contributed by atoms with Gasteiger partial charge in [-0.2, -0.15) is 17.0 Å². The van der Waals surface area contributed by atoms with E-state index in [1.54, 1.807) is 6.07 Å². The van der Waals surface area contributed by atoms with Crippen molar-refractivity contribution in [3.8, 4) is 6.07 Å². The van der Waals surface area contributed by atoms with Gasteiger partial charge in [-0.3, -0.25) is 0 Å². The van der Waals surface area contributed by atoms with Crippen LogP contribution in [-0.2, 0) is 0 Å². The summed E-state index contributed by atoms with van der Waals surface area (Å²) in [6.45, 7) is 3.28. The predicted molar refractivity (Wildman–Crippen MR) is 69.7 cm³/mol. The van der Waals surface area contributed by atoms with Crippen molar-refractivity contribution in [3.05, 3.63) is 23.8 Å². The average molecular weight is 233 g/mol. The van der Waals surface area contributed by atoms with Crippen molar-refractivity contribution in [2.75, 3.05) is 28.7 Å². The SMILES string of the molecule is CC1CSCCN1c1ccc(C#N)c(N)c1. The summed E-state index contributed by atoms with van der Waals surface area (Å²) in [6, 6.07) is 8.32. The normalized spacial score (nSPS) is 20.5. The lowest BCUT2D eigenvalue weighted by Crippen LogP contribution is -2.40. The highest BCUT2D eigenvalue weighted by Crippen LogP contribution is 2.26. The van der Waals surface area contributed by atoms with Gasteiger partial charge < -0.3 is 10.6 Å². The molecule has 1 saturated heterocycles. The van der Waals surface area contributed by atoms with Crippen LogP contribution in [0.3, 0.4) is 0 Å². The molecule has 0 aliphatic carbocycles. The Kier molecular flexibility index (Phi) is 3.25. The van der Waals surface area contributed by atoms with E-state index in [-0.39, 0.29) is 0 Å². The number of anilines is 2. The second kappa shape index (κ2) is 4.67. The molecule has 0 saturated carbocycles. The lowest BCUT2D eigenvalue weighted by Gasteiger charge is -2.35. The quantitative estimate of drug-likeness (QED) is 0.755. The molecule has 1 unspecified atom stereocenters. The van der Waals surface area contributed by atoms with E-state index in [0.29, 0.717) is 17.3 Å². The maximum Gasteiger partial charge on any atom is 0.101 e. The number of nitriles is 1. The Morgan fingerprint density at radius 2 is 2.38 bits per heavy atom. The first-order valence-corrected chi connectivity index (χ1v) is 6.52. The zero-order valence-electron chi connectivity index (χ0n) is 9.31. The standard InChI is InChI=1S/C12H15N3S/c1-9-8-16-5-4-15(9)11-3-2-10(7-13)12(14)6-11/h2-3,6,9H,4-5,8,14H2,1H3. The zero-order chi connectivity index (χ0) is 11.5. The number of nitrogen functional groups attached to an aromatic ring is 1. The molecule has 84 valence electrons. The summed E-state index contributed by atoms with van der Waals surface area (Å²) in [5.41, 5.74) is 8.09. The summed E-state index contributed by atoms with van der Waals surface area (Å²) in [4.78, 5) is 2.36. The van der Waals surface area contributed by atoms with Crippen molar-refractivity contribution in [1.29, 1.82) is 5.26 Å². The van der Waals surface area contributed by atoms with Crippen LogP contribution in [0.5, 0.6) is 0 Å². The van der Waals surface area contributed by atoms with E-state index < -0.39 is 0 Å². The molecular formula is C12H15N3S. The molecule has 1 fully saturated rings. The van der Waals surface area contributed by atoms with Gasteiger partial charge in [-0.25, -0.2) is 0 Å². The molecular weight excluding hydrogens is 218 g/mol. The van der Waals surface area contributed by atoms with Gasteiger partial charge >= 0.3 is 0 Å². The summed E-state index contributed by atoms with van der Waals surface area (Å²) in [5.74, 6) is 2.31. The molecule has 1 heterocycles. The molecule has 0 radical (unpaired) electrons. The Bertz CT molecular complexity index is 425. The fourth-order valence-corrected chi connectivity index (χ4v) is 2.95. The van der Waals surface area contributed by atoms with Crippen LogP contribution in [0, 0.1) is 11.3 Å². The minimum Gasteiger partial charge on any atom is -0.398 e. The Morgan fingerprint density at radius 1 is 1.56 bits per heavy atom. The Balaban J connectivity index is 2.27. The molecule has 0 spiro atoms. The number of thioether (sulfide) groups is 1. The summed E-state index contributed by atoms with van der Waals surface area (Å²) in [5, 5.41) is 8.82. The van der Waals surface area contributed by atoms with Gasteiger partial charge in [-0.05, 0) is 25.1 Å². The summed E-state index contributed by atoms with van der Waals surface area (Å²) < 4.78 is 0. The van der Waals surface area contributed by atoms with Crippen LogP contribution in [0.2, 0.25) is 0 Å². The van der Waals surface area contributed by atoms with Crippen LogP contribution in [0.25, 0.3) is 0 Å². The summed E-state index contributed by atoms with van der Waals surface area (Å²) in [6.07, 6.45) is 0. The largest absolute Gasteiger partial charge is 0.398 e.